The minimum absolute atomic E-state index is 0.714. The molecule has 2 heteroatoms. The molecule has 0 spiro atoms. The van der Waals surface area contributed by atoms with Crippen molar-refractivity contribution in [2.75, 3.05) is 19.0 Å². The van der Waals surface area contributed by atoms with E-state index in [9.17, 15) is 0 Å². The second kappa shape index (κ2) is 6.86. The van der Waals surface area contributed by atoms with E-state index < -0.39 is 0 Å². The molecule has 0 atom stereocenters. The molecule has 84 valence electrons. The summed E-state index contributed by atoms with van der Waals surface area (Å²) in [4.78, 5) is 2.40. The van der Waals surface area contributed by atoms with Crippen LogP contribution in [0.3, 0.4) is 0 Å². The number of alkyl halides is 1. The van der Waals surface area contributed by atoms with E-state index in [1.165, 1.54) is 17.5 Å². The van der Waals surface area contributed by atoms with Gasteiger partial charge in [0.15, 0.2) is 0 Å². The molecule has 15 heavy (non-hydrogen) atoms. The summed E-state index contributed by atoms with van der Waals surface area (Å²) in [5.41, 5.74) is 2.69. The average Bonchev–Trinajstić information content (AvgIpc) is 2.22. The SMILES string of the molecule is CCCN(CCCl)Cc1ccc(C)cc1. The lowest BCUT2D eigenvalue weighted by molar-refractivity contribution is 0.282. The van der Waals surface area contributed by atoms with Gasteiger partial charge in [-0.3, -0.25) is 4.90 Å². The van der Waals surface area contributed by atoms with Crippen molar-refractivity contribution in [2.24, 2.45) is 0 Å². The van der Waals surface area contributed by atoms with Gasteiger partial charge in [0.2, 0.25) is 0 Å². The van der Waals surface area contributed by atoms with E-state index in [0.717, 1.165) is 19.6 Å². The zero-order chi connectivity index (χ0) is 11.1. The first-order valence-electron chi connectivity index (χ1n) is 5.60. The zero-order valence-corrected chi connectivity index (χ0v) is 10.4. The standard InChI is InChI=1S/C13H20ClN/c1-3-9-15(10-8-14)11-13-6-4-12(2)5-7-13/h4-7H,3,8-11H2,1-2H3. The van der Waals surface area contributed by atoms with Crippen LogP contribution in [0, 0.1) is 6.92 Å². The van der Waals surface area contributed by atoms with Gasteiger partial charge in [-0.2, -0.15) is 0 Å². The number of hydrogen-bond acceptors (Lipinski definition) is 1. The van der Waals surface area contributed by atoms with Gasteiger partial charge in [0.25, 0.3) is 0 Å². The molecule has 0 saturated heterocycles. The minimum Gasteiger partial charge on any atom is -0.298 e. The Kier molecular flexibility index (Phi) is 5.74. The van der Waals surface area contributed by atoms with Crippen molar-refractivity contribution < 1.29 is 0 Å². The van der Waals surface area contributed by atoms with E-state index in [1.807, 2.05) is 0 Å². The Hall–Kier alpha value is -0.530. The lowest BCUT2D eigenvalue weighted by Crippen LogP contribution is -2.26. The molecule has 0 amide bonds. The Balaban J connectivity index is 2.53. The Morgan fingerprint density at radius 1 is 1.13 bits per heavy atom. The number of rotatable bonds is 6. The normalized spacial score (nSPS) is 10.9. The van der Waals surface area contributed by atoms with Crippen LogP contribution in [0.5, 0.6) is 0 Å². The van der Waals surface area contributed by atoms with Crippen molar-refractivity contribution in [1.82, 2.24) is 4.90 Å². The van der Waals surface area contributed by atoms with Gasteiger partial charge >= 0.3 is 0 Å². The van der Waals surface area contributed by atoms with Gasteiger partial charge in [0, 0.05) is 19.0 Å². The van der Waals surface area contributed by atoms with Crippen molar-refractivity contribution in [3.05, 3.63) is 35.4 Å². The maximum Gasteiger partial charge on any atom is 0.0351 e. The summed E-state index contributed by atoms with van der Waals surface area (Å²) in [6, 6.07) is 8.73. The molecule has 1 aromatic rings. The highest BCUT2D eigenvalue weighted by atomic mass is 35.5. The predicted molar refractivity (Wildman–Crippen MR) is 67.5 cm³/mol. The highest BCUT2D eigenvalue weighted by Crippen LogP contribution is 2.07. The van der Waals surface area contributed by atoms with Gasteiger partial charge in [-0.1, -0.05) is 36.8 Å². The van der Waals surface area contributed by atoms with Crippen molar-refractivity contribution in [1.29, 1.82) is 0 Å². The smallest absolute Gasteiger partial charge is 0.0351 e. The summed E-state index contributed by atoms with van der Waals surface area (Å²) in [5.74, 6) is 0.714. The molecule has 0 aliphatic carbocycles. The van der Waals surface area contributed by atoms with Crippen LogP contribution in [0.4, 0.5) is 0 Å². The van der Waals surface area contributed by atoms with Crippen LogP contribution in [-0.2, 0) is 6.54 Å². The molecule has 0 saturated carbocycles. The third-order valence-electron chi connectivity index (χ3n) is 2.47. The van der Waals surface area contributed by atoms with Gasteiger partial charge in [-0.05, 0) is 25.5 Å². The minimum atomic E-state index is 0.714. The third kappa shape index (κ3) is 4.67. The summed E-state index contributed by atoms with van der Waals surface area (Å²) in [5, 5.41) is 0. The van der Waals surface area contributed by atoms with E-state index in [-0.39, 0.29) is 0 Å². The zero-order valence-electron chi connectivity index (χ0n) is 9.67. The number of hydrogen-bond donors (Lipinski definition) is 0. The number of halogens is 1. The first-order valence-corrected chi connectivity index (χ1v) is 6.13. The van der Waals surface area contributed by atoms with Gasteiger partial charge in [-0.15, -0.1) is 11.6 Å². The molecule has 0 heterocycles. The first-order chi connectivity index (χ1) is 7.26. The largest absolute Gasteiger partial charge is 0.298 e. The fraction of sp³-hybridized carbons (Fsp3) is 0.538. The van der Waals surface area contributed by atoms with Crippen LogP contribution in [0.15, 0.2) is 24.3 Å². The van der Waals surface area contributed by atoms with Crippen LogP contribution in [0.2, 0.25) is 0 Å². The van der Waals surface area contributed by atoms with Gasteiger partial charge in [-0.25, -0.2) is 0 Å². The average molecular weight is 226 g/mol. The molecule has 1 rings (SSSR count). The number of benzene rings is 1. The van der Waals surface area contributed by atoms with E-state index in [4.69, 9.17) is 11.6 Å². The van der Waals surface area contributed by atoms with Gasteiger partial charge in [0.1, 0.15) is 0 Å². The summed E-state index contributed by atoms with van der Waals surface area (Å²) < 4.78 is 0. The number of aryl methyl sites for hydroxylation is 1. The van der Waals surface area contributed by atoms with E-state index in [2.05, 4.69) is 43.0 Å². The highest BCUT2D eigenvalue weighted by molar-refractivity contribution is 6.18. The molecule has 1 nitrogen and oxygen atoms in total. The maximum atomic E-state index is 5.78. The van der Waals surface area contributed by atoms with Crippen molar-refractivity contribution in [3.63, 3.8) is 0 Å². The molecular weight excluding hydrogens is 206 g/mol. The summed E-state index contributed by atoms with van der Waals surface area (Å²) in [7, 11) is 0. The molecule has 0 aliphatic rings. The fourth-order valence-corrected chi connectivity index (χ4v) is 1.90. The van der Waals surface area contributed by atoms with E-state index >= 15 is 0 Å². The number of nitrogens with zero attached hydrogens (tertiary/aromatic N) is 1. The van der Waals surface area contributed by atoms with Gasteiger partial charge in [0.05, 0.1) is 0 Å². The van der Waals surface area contributed by atoms with Crippen molar-refractivity contribution in [3.8, 4) is 0 Å². The Morgan fingerprint density at radius 3 is 2.33 bits per heavy atom. The quantitative estimate of drug-likeness (QED) is 0.671. The predicted octanol–water partition coefficient (Wildman–Crippen LogP) is 3.45. The molecule has 0 bridgehead atoms. The lowest BCUT2D eigenvalue weighted by Gasteiger charge is -2.20. The Morgan fingerprint density at radius 2 is 1.80 bits per heavy atom. The summed E-state index contributed by atoms with van der Waals surface area (Å²) in [6.45, 7) is 7.44. The van der Waals surface area contributed by atoms with Crippen LogP contribution < -0.4 is 0 Å². The Bertz CT molecular complexity index is 262. The lowest BCUT2D eigenvalue weighted by atomic mass is 10.1. The fourth-order valence-electron chi connectivity index (χ4n) is 1.66. The molecule has 0 radical (unpaired) electrons. The molecule has 1 aromatic carbocycles. The van der Waals surface area contributed by atoms with E-state index in [0.29, 0.717) is 5.88 Å². The molecule has 0 N–H and O–H groups in total. The van der Waals surface area contributed by atoms with Gasteiger partial charge < -0.3 is 0 Å². The second-order valence-corrected chi connectivity index (χ2v) is 4.33. The van der Waals surface area contributed by atoms with Crippen LogP contribution in [0.1, 0.15) is 24.5 Å². The third-order valence-corrected chi connectivity index (χ3v) is 2.64. The van der Waals surface area contributed by atoms with Crippen LogP contribution in [-0.4, -0.2) is 23.9 Å². The molecular formula is C13H20ClN. The van der Waals surface area contributed by atoms with Crippen LogP contribution in [0.25, 0.3) is 0 Å². The van der Waals surface area contributed by atoms with Crippen LogP contribution >= 0.6 is 11.6 Å². The highest BCUT2D eigenvalue weighted by Gasteiger charge is 2.03. The van der Waals surface area contributed by atoms with Crippen molar-refractivity contribution >= 4 is 11.6 Å². The van der Waals surface area contributed by atoms with Crippen molar-refractivity contribution in [2.45, 2.75) is 26.8 Å². The topological polar surface area (TPSA) is 3.24 Å². The summed E-state index contributed by atoms with van der Waals surface area (Å²) in [6.07, 6.45) is 1.18. The monoisotopic (exact) mass is 225 g/mol. The molecule has 0 aliphatic heterocycles. The second-order valence-electron chi connectivity index (χ2n) is 3.95. The van der Waals surface area contributed by atoms with E-state index in [1.54, 1.807) is 0 Å². The molecule has 0 aromatic heterocycles. The molecule has 0 fully saturated rings. The maximum absolute atomic E-state index is 5.78. The Labute approximate surface area is 98.0 Å². The molecule has 0 unspecified atom stereocenters. The summed E-state index contributed by atoms with van der Waals surface area (Å²) >= 11 is 5.78. The first kappa shape index (κ1) is 12.5.